The monoisotopic (exact) mass is 350 g/mol. The summed E-state index contributed by atoms with van der Waals surface area (Å²) in [6.07, 6.45) is 0. The zero-order valence-electron chi connectivity index (χ0n) is 13.0. The Balaban J connectivity index is 1.60. The molecule has 3 rings (SSSR count). The van der Waals surface area contributed by atoms with Gasteiger partial charge in [0.2, 0.25) is 0 Å². The fraction of sp³-hybridized carbons (Fsp3) is 0.294. The van der Waals surface area contributed by atoms with Gasteiger partial charge in [-0.05, 0) is 24.3 Å². The average molecular weight is 351 g/mol. The standard InChI is InChI=1S/C17H17ClFN3O2/c18-16-2-1-3-17(19)15(16)12-20-8-10-21(11-9-20)13-4-6-14(7-5-13)22(23)24/h1-7H,8-12H2/p+1. The molecular weight excluding hydrogens is 333 g/mol. The van der Waals surface area contributed by atoms with E-state index in [1.54, 1.807) is 24.3 Å². The van der Waals surface area contributed by atoms with Gasteiger partial charge in [0.05, 0.1) is 41.7 Å². The Kier molecular flexibility index (Phi) is 4.97. The average Bonchev–Trinajstić information content (AvgIpc) is 2.59. The van der Waals surface area contributed by atoms with Gasteiger partial charge in [-0.1, -0.05) is 17.7 Å². The molecule has 1 saturated heterocycles. The zero-order valence-corrected chi connectivity index (χ0v) is 13.8. The molecular formula is C17H18ClFN3O2+. The number of quaternary nitrogens is 1. The van der Waals surface area contributed by atoms with Gasteiger partial charge in [0.15, 0.2) is 0 Å². The first-order valence-electron chi connectivity index (χ1n) is 7.80. The van der Waals surface area contributed by atoms with Crippen LogP contribution in [0.5, 0.6) is 0 Å². The Labute approximate surface area is 144 Å². The van der Waals surface area contributed by atoms with E-state index in [1.165, 1.54) is 23.1 Å². The first-order valence-corrected chi connectivity index (χ1v) is 8.18. The third-order valence-electron chi connectivity index (χ3n) is 4.38. The fourth-order valence-electron chi connectivity index (χ4n) is 2.99. The van der Waals surface area contributed by atoms with Crippen molar-refractivity contribution in [3.63, 3.8) is 0 Å². The first kappa shape index (κ1) is 16.7. The highest BCUT2D eigenvalue weighted by Crippen LogP contribution is 2.20. The van der Waals surface area contributed by atoms with Crippen LogP contribution in [-0.4, -0.2) is 31.1 Å². The van der Waals surface area contributed by atoms with Crippen molar-refractivity contribution in [1.82, 2.24) is 0 Å². The number of halogens is 2. The summed E-state index contributed by atoms with van der Waals surface area (Å²) >= 11 is 6.09. The molecule has 0 bridgehead atoms. The molecule has 1 N–H and O–H groups in total. The van der Waals surface area contributed by atoms with Crippen LogP contribution in [0, 0.1) is 15.9 Å². The molecule has 5 nitrogen and oxygen atoms in total. The number of nitro groups is 1. The van der Waals surface area contributed by atoms with Gasteiger partial charge in [-0.2, -0.15) is 0 Å². The molecule has 0 unspecified atom stereocenters. The topological polar surface area (TPSA) is 50.8 Å². The number of benzene rings is 2. The van der Waals surface area contributed by atoms with E-state index in [0.717, 1.165) is 31.9 Å². The third kappa shape index (κ3) is 3.66. The quantitative estimate of drug-likeness (QED) is 0.680. The maximum absolute atomic E-state index is 13.9. The lowest BCUT2D eigenvalue weighted by molar-refractivity contribution is -0.914. The molecule has 1 aliphatic rings. The third-order valence-corrected chi connectivity index (χ3v) is 4.74. The highest BCUT2D eigenvalue weighted by molar-refractivity contribution is 6.31. The second-order valence-corrected chi connectivity index (χ2v) is 6.29. The minimum Gasteiger partial charge on any atom is -0.360 e. The molecule has 1 aliphatic heterocycles. The number of nitrogens with one attached hydrogen (secondary N) is 1. The van der Waals surface area contributed by atoms with Crippen molar-refractivity contribution in [2.75, 3.05) is 31.1 Å². The zero-order chi connectivity index (χ0) is 17.1. The van der Waals surface area contributed by atoms with E-state index in [9.17, 15) is 14.5 Å². The van der Waals surface area contributed by atoms with Crippen LogP contribution >= 0.6 is 11.6 Å². The number of rotatable bonds is 4. The van der Waals surface area contributed by atoms with Crippen LogP contribution in [-0.2, 0) is 6.54 Å². The summed E-state index contributed by atoms with van der Waals surface area (Å²) in [6, 6.07) is 11.4. The lowest BCUT2D eigenvalue weighted by Crippen LogP contribution is -3.13. The van der Waals surface area contributed by atoms with E-state index in [1.807, 2.05) is 0 Å². The van der Waals surface area contributed by atoms with Crippen molar-refractivity contribution in [1.29, 1.82) is 0 Å². The normalized spacial score (nSPS) is 15.5. The molecule has 2 aromatic carbocycles. The number of hydrogen-bond donors (Lipinski definition) is 1. The van der Waals surface area contributed by atoms with Crippen molar-refractivity contribution in [2.45, 2.75) is 6.54 Å². The van der Waals surface area contributed by atoms with Crippen molar-refractivity contribution in [3.05, 3.63) is 69.0 Å². The van der Waals surface area contributed by atoms with Gasteiger partial charge >= 0.3 is 0 Å². The Morgan fingerprint density at radius 2 is 1.83 bits per heavy atom. The number of anilines is 1. The molecule has 0 spiro atoms. The maximum atomic E-state index is 13.9. The summed E-state index contributed by atoms with van der Waals surface area (Å²) in [5.74, 6) is -0.257. The predicted octanol–water partition coefficient (Wildman–Crippen LogP) is 2.29. The number of non-ortho nitro benzene ring substituents is 1. The molecule has 0 amide bonds. The second kappa shape index (κ2) is 7.15. The molecule has 0 radical (unpaired) electrons. The molecule has 7 heteroatoms. The molecule has 1 heterocycles. The molecule has 2 aromatic rings. The SMILES string of the molecule is O=[N+]([O-])c1ccc(N2CC[NH+](Cc3c(F)cccc3Cl)CC2)cc1. The summed E-state index contributed by atoms with van der Waals surface area (Å²) < 4.78 is 13.9. The van der Waals surface area contributed by atoms with Crippen molar-refractivity contribution >= 4 is 23.0 Å². The van der Waals surface area contributed by atoms with Gasteiger partial charge in [0.1, 0.15) is 12.4 Å². The molecule has 1 fully saturated rings. The van der Waals surface area contributed by atoms with Gasteiger partial charge < -0.3 is 9.80 Å². The molecule has 0 saturated carbocycles. The maximum Gasteiger partial charge on any atom is 0.269 e. The molecule has 0 atom stereocenters. The van der Waals surface area contributed by atoms with E-state index >= 15 is 0 Å². The van der Waals surface area contributed by atoms with Gasteiger partial charge in [-0.25, -0.2) is 4.39 Å². The Hall–Kier alpha value is -2.18. The second-order valence-electron chi connectivity index (χ2n) is 5.89. The van der Waals surface area contributed by atoms with Crippen LogP contribution in [0.15, 0.2) is 42.5 Å². The lowest BCUT2D eigenvalue weighted by atomic mass is 10.1. The van der Waals surface area contributed by atoms with Crippen LogP contribution in [0.4, 0.5) is 15.8 Å². The van der Waals surface area contributed by atoms with Gasteiger partial charge in [0, 0.05) is 17.8 Å². The van der Waals surface area contributed by atoms with Gasteiger partial charge in [0.25, 0.3) is 5.69 Å². The number of nitro benzene ring substituents is 1. The Morgan fingerprint density at radius 3 is 2.42 bits per heavy atom. The lowest BCUT2D eigenvalue weighted by Gasteiger charge is -2.33. The summed E-state index contributed by atoms with van der Waals surface area (Å²) in [4.78, 5) is 13.8. The highest BCUT2D eigenvalue weighted by atomic mass is 35.5. The van der Waals surface area contributed by atoms with Crippen LogP contribution in [0.3, 0.4) is 0 Å². The smallest absolute Gasteiger partial charge is 0.269 e. The summed E-state index contributed by atoms with van der Waals surface area (Å²) in [7, 11) is 0. The van der Waals surface area contributed by atoms with Gasteiger partial charge in [-0.3, -0.25) is 10.1 Å². The van der Waals surface area contributed by atoms with E-state index in [4.69, 9.17) is 11.6 Å². The first-order chi connectivity index (χ1) is 11.5. The minimum atomic E-state index is -0.399. The van der Waals surface area contributed by atoms with E-state index in [2.05, 4.69) is 4.90 Å². The minimum absolute atomic E-state index is 0.0946. The number of hydrogen-bond acceptors (Lipinski definition) is 3. The van der Waals surface area contributed by atoms with Crippen molar-refractivity contribution < 1.29 is 14.2 Å². The van der Waals surface area contributed by atoms with Crippen LogP contribution in [0.1, 0.15) is 5.56 Å². The van der Waals surface area contributed by atoms with E-state index in [-0.39, 0.29) is 11.5 Å². The molecule has 0 aromatic heterocycles. The van der Waals surface area contributed by atoms with E-state index in [0.29, 0.717) is 17.1 Å². The van der Waals surface area contributed by atoms with Crippen LogP contribution in [0.25, 0.3) is 0 Å². The highest BCUT2D eigenvalue weighted by Gasteiger charge is 2.22. The Bertz CT molecular complexity index is 711. The number of piperazine rings is 1. The van der Waals surface area contributed by atoms with Crippen molar-refractivity contribution in [2.24, 2.45) is 0 Å². The van der Waals surface area contributed by atoms with Crippen LogP contribution < -0.4 is 9.80 Å². The summed E-state index contributed by atoms with van der Waals surface area (Å²) in [5, 5.41) is 11.2. The van der Waals surface area contributed by atoms with Crippen molar-refractivity contribution in [3.8, 4) is 0 Å². The molecule has 0 aliphatic carbocycles. The van der Waals surface area contributed by atoms with E-state index < -0.39 is 4.92 Å². The summed E-state index contributed by atoms with van der Waals surface area (Å²) in [6.45, 7) is 3.93. The number of nitrogens with zero attached hydrogens (tertiary/aromatic N) is 2. The fourth-order valence-corrected chi connectivity index (χ4v) is 3.22. The molecule has 24 heavy (non-hydrogen) atoms. The largest absolute Gasteiger partial charge is 0.360 e. The summed E-state index contributed by atoms with van der Waals surface area (Å²) in [5.41, 5.74) is 1.64. The predicted molar refractivity (Wildman–Crippen MR) is 91.1 cm³/mol. The van der Waals surface area contributed by atoms with Gasteiger partial charge in [-0.15, -0.1) is 0 Å². The van der Waals surface area contributed by atoms with Crippen LogP contribution in [0.2, 0.25) is 5.02 Å². The molecule has 126 valence electrons. The Morgan fingerprint density at radius 1 is 1.17 bits per heavy atom.